The van der Waals surface area contributed by atoms with E-state index in [1.807, 2.05) is 0 Å². The van der Waals surface area contributed by atoms with Crippen LogP contribution in [0.1, 0.15) is 44.1 Å². The highest BCUT2D eigenvalue weighted by Gasteiger charge is 2.20. The lowest BCUT2D eigenvalue weighted by Gasteiger charge is -2.21. The van der Waals surface area contributed by atoms with Crippen molar-refractivity contribution in [2.45, 2.75) is 56.1 Å². The van der Waals surface area contributed by atoms with E-state index in [9.17, 15) is 8.42 Å². The molecule has 0 aliphatic carbocycles. The summed E-state index contributed by atoms with van der Waals surface area (Å²) in [4.78, 5) is 6.88. The fourth-order valence-electron chi connectivity index (χ4n) is 3.44. The first-order valence-corrected chi connectivity index (χ1v) is 11.3. The molecule has 1 aromatic rings. The smallest absolute Gasteiger partial charge is 0.240 e. The minimum Gasteiger partial charge on any atom is -0.377 e. The Kier molecular flexibility index (Phi) is 7.09. The fourth-order valence-corrected chi connectivity index (χ4v) is 4.50. The van der Waals surface area contributed by atoms with Crippen LogP contribution in [0.15, 0.2) is 34.2 Å². The van der Waals surface area contributed by atoms with E-state index >= 15 is 0 Å². The maximum atomic E-state index is 12.4. The van der Waals surface area contributed by atoms with Crippen LogP contribution >= 0.6 is 0 Å². The van der Waals surface area contributed by atoms with Gasteiger partial charge in [0, 0.05) is 26.2 Å². The van der Waals surface area contributed by atoms with Crippen LogP contribution in [0.4, 0.5) is 0 Å². The van der Waals surface area contributed by atoms with Crippen molar-refractivity contribution in [2.75, 3.05) is 26.2 Å². The standard InChI is InChI=1S/C19H30N4O3S/c20-19(23-11-3-1-2-4-12-23)21-14-16-7-9-18(10-8-16)27(24,25)22-15-17-6-5-13-26-17/h7-10,17,22H,1-6,11-15H2,(H2,20,21). The second kappa shape index (κ2) is 9.52. The maximum absolute atomic E-state index is 12.4. The van der Waals surface area contributed by atoms with Crippen LogP contribution in [0.3, 0.4) is 0 Å². The second-order valence-corrected chi connectivity index (χ2v) is 8.97. The molecule has 1 atom stereocenters. The summed E-state index contributed by atoms with van der Waals surface area (Å²) in [6.45, 7) is 3.40. The van der Waals surface area contributed by atoms with Crippen molar-refractivity contribution in [3.8, 4) is 0 Å². The number of nitrogens with one attached hydrogen (secondary N) is 1. The third-order valence-electron chi connectivity index (χ3n) is 5.11. The number of hydrogen-bond acceptors (Lipinski definition) is 4. The first-order chi connectivity index (χ1) is 13.0. The molecule has 150 valence electrons. The summed E-state index contributed by atoms with van der Waals surface area (Å²) in [5, 5.41) is 0. The van der Waals surface area contributed by atoms with Gasteiger partial charge in [0.15, 0.2) is 5.96 Å². The Labute approximate surface area is 162 Å². The Morgan fingerprint density at radius 3 is 2.48 bits per heavy atom. The number of hydrogen-bond donors (Lipinski definition) is 2. The summed E-state index contributed by atoms with van der Waals surface area (Å²) >= 11 is 0. The lowest BCUT2D eigenvalue weighted by molar-refractivity contribution is 0.114. The van der Waals surface area contributed by atoms with E-state index in [0.29, 0.717) is 25.7 Å². The van der Waals surface area contributed by atoms with Gasteiger partial charge in [0.2, 0.25) is 10.0 Å². The molecule has 8 heteroatoms. The van der Waals surface area contributed by atoms with E-state index in [-0.39, 0.29) is 11.0 Å². The van der Waals surface area contributed by atoms with Gasteiger partial charge in [0.25, 0.3) is 0 Å². The van der Waals surface area contributed by atoms with Gasteiger partial charge in [-0.1, -0.05) is 25.0 Å². The quantitative estimate of drug-likeness (QED) is 0.567. The Morgan fingerprint density at radius 2 is 1.85 bits per heavy atom. The van der Waals surface area contributed by atoms with E-state index in [4.69, 9.17) is 10.5 Å². The van der Waals surface area contributed by atoms with Crippen LogP contribution in [0.5, 0.6) is 0 Å². The SMILES string of the molecule is NC(=NCc1ccc(S(=O)(=O)NCC2CCCO2)cc1)N1CCCCCC1. The molecule has 3 rings (SSSR count). The third-order valence-corrected chi connectivity index (χ3v) is 6.55. The zero-order chi connectivity index (χ0) is 19.1. The molecule has 27 heavy (non-hydrogen) atoms. The van der Waals surface area contributed by atoms with Crippen molar-refractivity contribution < 1.29 is 13.2 Å². The molecule has 2 fully saturated rings. The highest BCUT2D eigenvalue weighted by molar-refractivity contribution is 7.89. The van der Waals surface area contributed by atoms with E-state index in [1.54, 1.807) is 24.3 Å². The number of nitrogens with two attached hydrogens (primary N) is 1. The van der Waals surface area contributed by atoms with Gasteiger partial charge in [0.1, 0.15) is 0 Å². The molecular weight excluding hydrogens is 364 g/mol. The monoisotopic (exact) mass is 394 g/mol. The average Bonchev–Trinajstić information content (AvgIpc) is 3.05. The number of guanidine groups is 1. The number of benzene rings is 1. The first kappa shape index (κ1) is 20.1. The Bertz CT molecular complexity index is 720. The molecule has 2 aliphatic rings. The molecule has 0 amide bonds. The molecule has 2 heterocycles. The van der Waals surface area contributed by atoms with Crippen LogP contribution in [0.2, 0.25) is 0 Å². The molecule has 2 saturated heterocycles. The highest BCUT2D eigenvalue weighted by Crippen LogP contribution is 2.15. The minimum atomic E-state index is -3.52. The van der Waals surface area contributed by atoms with Gasteiger partial charge in [-0.3, -0.25) is 0 Å². The van der Waals surface area contributed by atoms with Crippen molar-refractivity contribution in [3.05, 3.63) is 29.8 Å². The number of sulfonamides is 1. The van der Waals surface area contributed by atoms with Gasteiger partial charge in [-0.15, -0.1) is 0 Å². The predicted molar refractivity (Wildman–Crippen MR) is 106 cm³/mol. The molecule has 0 radical (unpaired) electrons. The van der Waals surface area contributed by atoms with Gasteiger partial charge < -0.3 is 15.4 Å². The zero-order valence-electron chi connectivity index (χ0n) is 15.8. The number of rotatable bonds is 6. The van der Waals surface area contributed by atoms with Crippen LogP contribution in [0.25, 0.3) is 0 Å². The molecule has 0 spiro atoms. The predicted octanol–water partition coefficient (Wildman–Crippen LogP) is 1.83. The summed E-state index contributed by atoms with van der Waals surface area (Å²) in [6.07, 6.45) is 6.68. The van der Waals surface area contributed by atoms with Crippen LogP contribution < -0.4 is 10.5 Å². The van der Waals surface area contributed by atoms with E-state index in [0.717, 1.165) is 44.3 Å². The van der Waals surface area contributed by atoms with Crippen LogP contribution in [-0.4, -0.2) is 51.6 Å². The van der Waals surface area contributed by atoms with Crippen molar-refractivity contribution in [3.63, 3.8) is 0 Å². The summed E-state index contributed by atoms with van der Waals surface area (Å²) in [5.41, 5.74) is 7.06. The summed E-state index contributed by atoms with van der Waals surface area (Å²) in [7, 11) is -3.52. The molecule has 7 nitrogen and oxygen atoms in total. The van der Waals surface area contributed by atoms with Gasteiger partial charge >= 0.3 is 0 Å². The van der Waals surface area contributed by atoms with Crippen molar-refractivity contribution in [1.82, 2.24) is 9.62 Å². The lowest BCUT2D eigenvalue weighted by Crippen LogP contribution is -2.38. The molecule has 2 aliphatic heterocycles. The number of nitrogens with zero attached hydrogens (tertiary/aromatic N) is 2. The first-order valence-electron chi connectivity index (χ1n) is 9.80. The minimum absolute atomic E-state index is 0.0182. The molecular formula is C19H30N4O3S. The topological polar surface area (TPSA) is 97.0 Å². The third kappa shape index (κ3) is 5.92. The Hall–Kier alpha value is -1.64. The highest BCUT2D eigenvalue weighted by atomic mass is 32.2. The Balaban J connectivity index is 1.55. The van der Waals surface area contributed by atoms with Crippen molar-refractivity contribution in [1.29, 1.82) is 0 Å². The van der Waals surface area contributed by atoms with Crippen LogP contribution in [0, 0.1) is 0 Å². The number of aliphatic imine (C=N–C) groups is 1. The zero-order valence-corrected chi connectivity index (χ0v) is 16.6. The van der Waals surface area contributed by atoms with Gasteiger partial charge in [-0.25, -0.2) is 18.1 Å². The molecule has 1 aromatic carbocycles. The summed E-state index contributed by atoms with van der Waals surface area (Å²) < 4.78 is 32.9. The van der Waals surface area contributed by atoms with E-state index in [2.05, 4.69) is 14.6 Å². The molecule has 0 aromatic heterocycles. The normalized spacial score (nSPS) is 22.0. The molecule has 0 bridgehead atoms. The van der Waals surface area contributed by atoms with Gasteiger partial charge in [-0.05, 0) is 43.4 Å². The Morgan fingerprint density at radius 1 is 1.15 bits per heavy atom. The van der Waals surface area contributed by atoms with E-state index < -0.39 is 10.0 Å². The number of likely N-dealkylation sites (tertiary alicyclic amines) is 1. The molecule has 3 N–H and O–H groups in total. The summed E-state index contributed by atoms with van der Waals surface area (Å²) in [5.74, 6) is 0.576. The fraction of sp³-hybridized carbons (Fsp3) is 0.632. The van der Waals surface area contributed by atoms with Crippen LogP contribution in [-0.2, 0) is 21.3 Å². The average molecular weight is 395 g/mol. The number of ether oxygens (including phenoxy) is 1. The van der Waals surface area contributed by atoms with E-state index in [1.165, 1.54) is 12.8 Å². The second-order valence-electron chi connectivity index (χ2n) is 7.21. The van der Waals surface area contributed by atoms with Crippen molar-refractivity contribution in [2.24, 2.45) is 10.7 Å². The maximum Gasteiger partial charge on any atom is 0.240 e. The van der Waals surface area contributed by atoms with Gasteiger partial charge in [-0.2, -0.15) is 0 Å². The lowest BCUT2D eigenvalue weighted by atomic mass is 10.2. The van der Waals surface area contributed by atoms with Crippen molar-refractivity contribution >= 4 is 16.0 Å². The molecule has 0 saturated carbocycles. The summed E-state index contributed by atoms with van der Waals surface area (Å²) in [6, 6.07) is 6.81. The molecule has 1 unspecified atom stereocenters. The van der Waals surface area contributed by atoms with Gasteiger partial charge in [0.05, 0.1) is 17.5 Å². The largest absolute Gasteiger partial charge is 0.377 e.